The number of rotatable bonds is 6. The van der Waals surface area contributed by atoms with E-state index in [4.69, 9.17) is 21.5 Å². The molecule has 4 nitrogen and oxygen atoms in total. The SMILES string of the molecule is [B]C1(O)Oc2ccc(CC(CC)OSc3ccc(C)cc3)cc2O1. The normalized spacial score (nSPS) is 20.1. The van der Waals surface area contributed by atoms with Gasteiger partial charge in [-0.2, -0.15) is 0 Å². The van der Waals surface area contributed by atoms with Gasteiger partial charge in [-0.15, -0.1) is 0 Å². The predicted molar refractivity (Wildman–Crippen MR) is 94.3 cm³/mol. The molecule has 2 atom stereocenters. The fraction of sp³-hybridized carbons (Fsp3) is 0.333. The third-order valence-electron chi connectivity index (χ3n) is 3.74. The molecule has 2 aromatic rings. The minimum atomic E-state index is -2.08. The number of ether oxygens (including phenoxy) is 2. The molecule has 0 saturated carbocycles. The van der Waals surface area contributed by atoms with Crippen LogP contribution in [0.15, 0.2) is 47.4 Å². The zero-order chi connectivity index (χ0) is 17.2. The van der Waals surface area contributed by atoms with E-state index in [0.717, 1.165) is 23.3 Å². The summed E-state index contributed by atoms with van der Waals surface area (Å²) in [5.41, 5.74) is 2.26. The highest BCUT2D eigenvalue weighted by Gasteiger charge is 2.33. The van der Waals surface area contributed by atoms with Gasteiger partial charge < -0.3 is 18.8 Å². The first-order valence-electron chi connectivity index (χ1n) is 7.87. The predicted octanol–water partition coefficient (Wildman–Crippen LogP) is 3.58. The fourth-order valence-corrected chi connectivity index (χ4v) is 3.10. The molecular weight excluding hydrogens is 323 g/mol. The quantitative estimate of drug-likeness (QED) is 0.642. The Bertz CT molecular complexity index is 703. The highest BCUT2D eigenvalue weighted by Crippen LogP contribution is 2.38. The Labute approximate surface area is 147 Å². The molecule has 0 saturated heterocycles. The van der Waals surface area contributed by atoms with E-state index in [1.807, 2.05) is 12.1 Å². The molecule has 3 rings (SSSR count). The largest absolute Gasteiger partial charge is 0.435 e. The van der Waals surface area contributed by atoms with Crippen LogP contribution in [0.2, 0.25) is 0 Å². The lowest BCUT2D eigenvalue weighted by atomic mass is 10.1. The van der Waals surface area contributed by atoms with Gasteiger partial charge in [0.05, 0.1) is 6.10 Å². The van der Waals surface area contributed by atoms with Crippen molar-refractivity contribution < 1.29 is 18.8 Å². The fourth-order valence-electron chi connectivity index (χ4n) is 2.41. The van der Waals surface area contributed by atoms with Gasteiger partial charge in [-0.1, -0.05) is 30.7 Å². The molecule has 2 radical (unpaired) electrons. The molecule has 0 aliphatic carbocycles. The van der Waals surface area contributed by atoms with Crippen LogP contribution < -0.4 is 9.47 Å². The van der Waals surface area contributed by atoms with Crippen molar-refractivity contribution in [3.63, 3.8) is 0 Å². The zero-order valence-electron chi connectivity index (χ0n) is 13.7. The molecule has 1 aliphatic rings. The Kier molecular flexibility index (Phi) is 5.08. The number of aliphatic hydroxyl groups is 1. The summed E-state index contributed by atoms with van der Waals surface area (Å²) in [5.74, 6) is -1.20. The van der Waals surface area contributed by atoms with E-state index in [1.54, 1.807) is 6.07 Å². The number of fused-ring (bicyclic) bond motifs is 1. The van der Waals surface area contributed by atoms with Gasteiger partial charge in [0.25, 0.3) is 0 Å². The minimum absolute atomic E-state index is 0.0634. The molecule has 2 unspecified atom stereocenters. The van der Waals surface area contributed by atoms with Gasteiger partial charge in [-0.3, -0.25) is 0 Å². The second kappa shape index (κ2) is 7.09. The first-order chi connectivity index (χ1) is 11.4. The molecule has 0 aromatic heterocycles. The summed E-state index contributed by atoms with van der Waals surface area (Å²) < 4.78 is 16.2. The number of benzene rings is 2. The zero-order valence-corrected chi connectivity index (χ0v) is 14.5. The van der Waals surface area contributed by atoms with Crippen LogP contribution in [0.5, 0.6) is 11.5 Å². The summed E-state index contributed by atoms with van der Waals surface area (Å²) in [6.07, 6.45) is 1.68. The Hall–Kier alpha value is -1.63. The number of aryl methyl sites for hydroxylation is 1. The molecule has 0 fully saturated rings. The molecule has 24 heavy (non-hydrogen) atoms. The first kappa shape index (κ1) is 17.2. The van der Waals surface area contributed by atoms with Crippen molar-refractivity contribution >= 4 is 19.9 Å². The molecular formula is C18H19BO4S. The van der Waals surface area contributed by atoms with Crippen molar-refractivity contribution in [2.75, 3.05) is 0 Å². The lowest BCUT2D eigenvalue weighted by Gasteiger charge is -2.15. The second-order valence-corrected chi connectivity index (χ2v) is 6.67. The maximum Gasteiger partial charge on any atom is 0.302 e. The first-order valence-corrected chi connectivity index (χ1v) is 8.61. The molecule has 6 heteroatoms. The molecule has 0 spiro atoms. The monoisotopic (exact) mass is 342 g/mol. The van der Waals surface area contributed by atoms with Crippen molar-refractivity contribution in [2.45, 2.75) is 43.6 Å². The Balaban J connectivity index is 1.60. The van der Waals surface area contributed by atoms with E-state index in [1.165, 1.54) is 17.6 Å². The Morgan fingerprint density at radius 1 is 1.17 bits per heavy atom. The van der Waals surface area contributed by atoms with Crippen LogP contribution in [0.1, 0.15) is 24.5 Å². The van der Waals surface area contributed by atoms with Crippen LogP contribution in [-0.2, 0) is 10.6 Å². The van der Waals surface area contributed by atoms with Gasteiger partial charge in [0.1, 0.15) is 0 Å². The molecule has 124 valence electrons. The van der Waals surface area contributed by atoms with E-state index in [2.05, 4.69) is 38.1 Å². The van der Waals surface area contributed by atoms with Crippen molar-refractivity contribution in [3.05, 3.63) is 53.6 Å². The third-order valence-corrected chi connectivity index (χ3v) is 4.57. The highest BCUT2D eigenvalue weighted by molar-refractivity contribution is 7.94. The number of hydrogen-bond acceptors (Lipinski definition) is 5. The lowest BCUT2D eigenvalue weighted by molar-refractivity contribution is -0.178. The van der Waals surface area contributed by atoms with E-state index in [-0.39, 0.29) is 6.10 Å². The standard InChI is InChI=1S/C18H19BO4S/c1-3-14(23-24-15-7-4-12(2)5-8-15)10-13-6-9-16-17(11-13)22-18(19,20)21-16/h4-9,11,14,20H,3,10H2,1-2H3. The van der Waals surface area contributed by atoms with Crippen molar-refractivity contribution in [1.29, 1.82) is 0 Å². The van der Waals surface area contributed by atoms with Gasteiger partial charge in [-0.25, -0.2) is 0 Å². The Morgan fingerprint density at radius 3 is 2.58 bits per heavy atom. The maximum absolute atomic E-state index is 9.57. The molecule has 2 aromatic carbocycles. The Morgan fingerprint density at radius 2 is 1.88 bits per heavy atom. The summed E-state index contributed by atoms with van der Waals surface area (Å²) in [4.78, 5) is 1.08. The van der Waals surface area contributed by atoms with Gasteiger partial charge in [0, 0.05) is 23.4 Å². The van der Waals surface area contributed by atoms with Crippen LogP contribution in [0.25, 0.3) is 0 Å². The minimum Gasteiger partial charge on any atom is -0.435 e. The van der Waals surface area contributed by atoms with Crippen LogP contribution in [-0.4, -0.2) is 24.9 Å². The van der Waals surface area contributed by atoms with E-state index >= 15 is 0 Å². The molecule has 1 heterocycles. The van der Waals surface area contributed by atoms with Crippen molar-refractivity contribution in [2.24, 2.45) is 0 Å². The molecule has 1 aliphatic heterocycles. The molecule has 0 amide bonds. The second-order valence-electron chi connectivity index (χ2n) is 5.84. The van der Waals surface area contributed by atoms with Gasteiger partial charge in [-0.05, 0) is 43.2 Å². The van der Waals surface area contributed by atoms with E-state index < -0.39 is 5.87 Å². The van der Waals surface area contributed by atoms with Crippen molar-refractivity contribution in [1.82, 2.24) is 0 Å². The van der Waals surface area contributed by atoms with Crippen LogP contribution in [0.4, 0.5) is 0 Å². The topological polar surface area (TPSA) is 47.9 Å². The summed E-state index contributed by atoms with van der Waals surface area (Å²) in [6.45, 7) is 4.15. The number of hydrogen-bond donors (Lipinski definition) is 1. The lowest BCUT2D eigenvalue weighted by Crippen LogP contribution is -2.38. The van der Waals surface area contributed by atoms with Crippen LogP contribution in [0, 0.1) is 6.92 Å². The summed E-state index contributed by atoms with van der Waals surface area (Å²) in [6, 6.07) is 13.7. The van der Waals surface area contributed by atoms with E-state index in [0.29, 0.717) is 11.5 Å². The molecule has 0 bridgehead atoms. The van der Waals surface area contributed by atoms with Crippen LogP contribution in [0.3, 0.4) is 0 Å². The van der Waals surface area contributed by atoms with E-state index in [9.17, 15) is 5.11 Å². The van der Waals surface area contributed by atoms with Gasteiger partial charge >= 0.3 is 5.87 Å². The smallest absolute Gasteiger partial charge is 0.302 e. The van der Waals surface area contributed by atoms with Gasteiger partial charge in [0.15, 0.2) is 11.5 Å². The maximum atomic E-state index is 9.57. The van der Waals surface area contributed by atoms with Crippen molar-refractivity contribution in [3.8, 4) is 11.5 Å². The summed E-state index contributed by atoms with van der Waals surface area (Å²) in [5, 5.41) is 9.57. The van der Waals surface area contributed by atoms with Crippen LogP contribution >= 0.6 is 12.0 Å². The average molecular weight is 342 g/mol. The highest BCUT2D eigenvalue weighted by atomic mass is 32.2. The average Bonchev–Trinajstić information content (AvgIpc) is 2.86. The third kappa shape index (κ3) is 4.26. The summed E-state index contributed by atoms with van der Waals surface area (Å²) >= 11 is 1.39. The molecule has 1 N–H and O–H groups in total. The summed E-state index contributed by atoms with van der Waals surface area (Å²) in [7, 11) is 5.41. The van der Waals surface area contributed by atoms with Gasteiger partial charge in [0.2, 0.25) is 7.85 Å².